The summed E-state index contributed by atoms with van der Waals surface area (Å²) < 4.78 is 5.46. The first-order chi connectivity index (χ1) is 7.22. The maximum absolute atomic E-state index is 11.8. The first kappa shape index (κ1) is 9.20. The summed E-state index contributed by atoms with van der Waals surface area (Å²) in [4.78, 5) is 11.8. The Bertz CT molecular complexity index is 378. The van der Waals surface area contributed by atoms with Crippen molar-refractivity contribution in [3.63, 3.8) is 0 Å². The van der Waals surface area contributed by atoms with Crippen LogP contribution in [0.3, 0.4) is 0 Å². The van der Waals surface area contributed by atoms with Crippen LogP contribution in [0.2, 0.25) is 0 Å². The largest absolute Gasteiger partial charge is 0.431 e. The molecule has 1 saturated heterocycles. The van der Waals surface area contributed by atoms with Crippen molar-refractivity contribution in [3.8, 4) is 0 Å². The molecule has 1 saturated carbocycles. The van der Waals surface area contributed by atoms with Crippen molar-refractivity contribution in [2.75, 3.05) is 0 Å². The van der Waals surface area contributed by atoms with E-state index in [2.05, 4.69) is 26.0 Å². The Hall–Kier alpha value is -1.05. The van der Waals surface area contributed by atoms with Crippen molar-refractivity contribution in [2.45, 2.75) is 26.7 Å². The van der Waals surface area contributed by atoms with Gasteiger partial charge in [0, 0.05) is 5.92 Å². The number of cyclic esters (lactones) is 1. The van der Waals surface area contributed by atoms with Crippen molar-refractivity contribution >= 4 is 5.97 Å². The summed E-state index contributed by atoms with van der Waals surface area (Å²) >= 11 is 0. The van der Waals surface area contributed by atoms with Gasteiger partial charge in [-0.2, -0.15) is 0 Å². The molecule has 2 heteroatoms. The van der Waals surface area contributed by atoms with Gasteiger partial charge in [0.05, 0.1) is 5.92 Å². The molecule has 2 bridgehead atoms. The summed E-state index contributed by atoms with van der Waals surface area (Å²) in [5.74, 6) is 2.52. The summed E-state index contributed by atoms with van der Waals surface area (Å²) in [7, 11) is 0. The first-order valence-corrected chi connectivity index (χ1v) is 5.82. The van der Waals surface area contributed by atoms with Crippen LogP contribution in [0.5, 0.6) is 0 Å². The third-order valence-corrected chi connectivity index (χ3v) is 4.20. The van der Waals surface area contributed by atoms with Gasteiger partial charge < -0.3 is 4.74 Å². The molecule has 0 radical (unpaired) electrons. The fourth-order valence-electron chi connectivity index (χ4n) is 3.29. The van der Waals surface area contributed by atoms with E-state index in [0.29, 0.717) is 17.8 Å². The number of rotatable bonds is 1. The van der Waals surface area contributed by atoms with Gasteiger partial charge in [0.25, 0.3) is 0 Å². The van der Waals surface area contributed by atoms with E-state index in [-0.39, 0.29) is 11.9 Å². The molecule has 0 N–H and O–H groups in total. The number of hydrogen-bond acceptors (Lipinski definition) is 2. The Kier molecular flexibility index (Phi) is 1.82. The van der Waals surface area contributed by atoms with Gasteiger partial charge in [-0.15, -0.1) is 0 Å². The number of carbonyl (C=O) groups excluding carboxylic acids is 1. The first-order valence-electron chi connectivity index (χ1n) is 5.82. The quantitative estimate of drug-likeness (QED) is 0.485. The maximum Gasteiger partial charge on any atom is 0.315 e. The highest BCUT2D eigenvalue weighted by Crippen LogP contribution is 2.55. The highest BCUT2D eigenvalue weighted by molar-refractivity contribution is 5.79. The van der Waals surface area contributed by atoms with Crippen LogP contribution in [-0.2, 0) is 9.53 Å². The molecule has 0 aromatic carbocycles. The van der Waals surface area contributed by atoms with E-state index in [1.54, 1.807) is 0 Å². The minimum absolute atomic E-state index is 0.0136. The standard InChI is InChI=1S/C13H16O2/c1-3-7(2)12-10-8-4-5-9(6-8)11(10)13(14)15-12/h4-5,8-11H,3,6H2,1-2H3/b12-7-. The topological polar surface area (TPSA) is 26.3 Å². The zero-order chi connectivity index (χ0) is 10.6. The number of carbonyl (C=O) groups is 1. The molecule has 0 spiro atoms. The number of esters is 1. The van der Waals surface area contributed by atoms with E-state index in [4.69, 9.17) is 4.74 Å². The molecule has 4 unspecified atom stereocenters. The van der Waals surface area contributed by atoms with Gasteiger partial charge in [0.15, 0.2) is 0 Å². The van der Waals surface area contributed by atoms with Crippen molar-refractivity contribution in [1.82, 2.24) is 0 Å². The SMILES string of the molecule is CC/C(C)=C1\OC(=O)C2C3C=CC(C3)C12. The fourth-order valence-corrected chi connectivity index (χ4v) is 3.29. The third-order valence-electron chi connectivity index (χ3n) is 4.20. The summed E-state index contributed by atoms with van der Waals surface area (Å²) in [5.41, 5.74) is 1.25. The normalized spacial score (nSPS) is 44.5. The summed E-state index contributed by atoms with van der Waals surface area (Å²) in [5, 5.41) is 0. The van der Waals surface area contributed by atoms with Gasteiger partial charge in [-0.05, 0) is 37.2 Å². The smallest absolute Gasteiger partial charge is 0.315 e. The lowest BCUT2D eigenvalue weighted by atomic mass is 9.83. The molecule has 1 aliphatic heterocycles. The summed E-state index contributed by atoms with van der Waals surface area (Å²) in [6, 6.07) is 0. The van der Waals surface area contributed by atoms with Gasteiger partial charge in [0.1, 0.15) is 5.76 Å². The van der Waals surface area contributed by atoms with Crippen LogP contribution in [0.15, 0.2) is 23.5 Å². The Labute approximate surface area is 90.0 Å². The summed E-state index contributed by atoms with van der Waals surface area (Å²) in [6.45, 7) is 4.20. The zero-order valence-corrected chi connectivity index (χ0v) is 9.19. The number of ether oxygens (including phenoxy) is 1. The summed E-state index contributed by atoms with van der Waals surface area (Å²) in [6.07, 6.45) is 6.62. The average molecular weight is 204 g/mol. The molecular formula is C13H16O2. The second-order valence-corrected chi connectivity index (χ2v) is 4.92. The Morgan fingerprint density at radius 1 is 1.40 bits per heavy atom. The number of allylic oxidation sites excluding steroid dienone is 4. The van der Waals surface area contributed by atoms with Gasteiger partial charge in [0.2, 0.25) is 0 Å². The van der Waals surface area contributed by atoms with Crippen LogP contribution < -0.4 is 0 Å². The second kappa shape index (κ2) is 2.97. The van der Waals surface area contributed by atoms with Crippen LogP contribution in [-0.4, -0.2) is 5.97 Å². The second-order valence-electron chi connectivity index (χ2n) is 4.92. The van der Waals surface area contributed by atoms with Crippen molar-refractivity contribution in [1.29, 1.82) is 0 Å². The van der Waals surface area contributed by atoms with E-state index in [1.807, 2.05) is 0 Å². The van der Waals surface area contributed by atoms with E-state index < -0.39 is 0 Å². The molecule has 2 aliphatic carbocycles. The highest BCUT2D eigenvalue weighted by atomic mass is 16.5. The zero-order valence-electron chi connectivity index (χ0n) is 9.19. The monoisotopic (exact) mass is 204 g/mol. The molecule has 2 nitrogen and oxygen atoms in total. The van der Waals surface area contributed by atoms with Crippen LogP contribution in [0.25, 0.3) is 0 Å². The molecule has 0 aromatic rings. The maximum atomic E-state index is 11.8. The van der Waals surface area contributed by atoms with E-state index in [9.17, 15) is 4.79 Å². The molecule has 0 amide bonds. The highest BCUT2D eigenvalue weighted by Gasteiger charge is 2.55. The molecular weight excluding hydrogens is 188 g/mol. The lowest BCUT2D eigenvalue weighted by Gasteiger charge is -2.17. The van der Waals surface area contributed by atoms with E-state index in [0.717, 1.165) is 18.6 Å². The molecule has 3 aliphatic rings. The molecule has 15 heavy (non-hydrogen) atoms. The van der Waals surface area contributed by atoms with E-state index in [1.165, 1.54) is 5.57 Å². The minimum atomic E-state index is 0.0136. The van der Waals surface area contributed by atoms with Crippen molar-refractivity contribution in [2.24, 2.45) is 23.7 Å². The molecule has 80 valence electrons. The van der Waals surface area contributed by atoms with E-state index >= 15 is 0 Å². The lowest BCUT2D eigenvalue weighted by molar-refractivity contribution is -0.139. The molecule has 4 atom stereocenters. The van der Waals surface area contributed by atoms with Crippen LogP contribution in [0, 0.1) is 23.7 Å². The van der Waals surface area contributed by atoms with Crippen LogP contribution in [0.4, 0.5) is 0 Å². The van der Waals surface area contributed by atoms with Gasteiger partial charge in [-0.1, -0.05) is 19.1 Å². The number of hydrogen-bond donors (Lipinski definition) is 0. The predicted octanol–water partition coefficient (Wildman–Crippen LogP) is 2.67. The Morgan fingerprint density at radius 2 is 2.07 bits per heavy atom. The van der Waals surface area contributed by atoms with Gasteiger partial charge in [-0.25, -0.2) is 0 Å². The van der Waals surface area contributed by atoms with Crippen molar-refractivity contribution < 1.29 is 9.53 Å². The fraction of sp³-hybridized carbons (Fsp3) is 0.615. The Balaban J connectivity index is 2.04. The molecule has 1 heterocycles. The van der Waals surface area contributed by atoms with Gasteiger partial charge in [-0.3, -0.25) is 4.79 Å². The molecule has 2 fully saturated rings. The van der Waals surface area contributed by atoms with Crippen LogP contribution >= 0.6 is 0 Å². The average Bonchev–Trinajstić information content (AvgIpc) is 2.89. The third kappa shape index (κ3) is 1.08. The Morgan fingerprint density at radius 3 is 2.73 bits per heavy atom. The minimum Gasteiger partial charge on any atom is -0.431 e. The predicted molar refractivity (Wildman–Crippen MR) is 56.8 cm³/mol. The lowest BCUT2D eigenvalue weighted by Crippen LogP contribution is -2.19. The van der Waals surface area contributed by atoms with Gasteiger partial charge >= 0.3 is 5.97 Å². The molecule has 3 rings (SSSR count). The van der Waals surface area contributed by atoms with Crippen molar-refractivity contribution in [3.05, 3.63) is 23.5 Å². The van der Waals surface area contributed by atoms with Crippen LogP contribution in [0.1, 0.15) is 26.7 Å². The number of fused-ring (bicyclic) bond motifs is 5. The molecule has 0 aromatic heterocycles.